The SMILES string of the molecule is COc1ccc(C)cc1/C=C/C(=O)Nc1ccc(S(=O)(=O)N2CCCCC2)cc1. The molecule has 1 aliphatic heterocycles. The van der Waals surface area contributed by atoms with E-state index in [1.165, 1.54) is 22.5 Å². The molecule has 0 aromatic heterocycles. The highest BCUT2D eigenvalue weighted by Gasteiger charge is 2.25. The van der Waals surface area contributed by atoms with Gasteiger partial charge in [0.15, 0.2) is 0 Å². The van der Waals surface area contributed by atoms with E-state index in [4.69, 9.17) is 4.74 Å². The van der Waals surface area contributed by atoms with E-state index < -0.39 is 10.0 Å². The van der Waals surface area contributed by atoms with Gasteiger partial charge in [0, 0.05) is 30.4 Å². The number of aryl methyl sites for hydroxylation is 1. The van der Waals surface area contributed by atoms with E-state index in [-0.39, 0.29) is 10.8 Å². The Morgan fingerprint density at radius 3 is 2.41 bits per heavy atom. The number of ether oxygens (including phenoxy) is 1. The van der Waals surface area contributed by atoms with E-state index >= 15 is 0 Å². The first kappa shape index (κ1) is 21.1. The quantitative estimate of drug-likeness (QED) is 0.729. The molecule has 0 aliphatic carbocycles. The summed E-state index contributed by atoms with van der Waals surface area (Å²) in [5.41, 5.74) is 2.41. The molecule has 0 unspecified atom stereocenters. The number of anilines is 1. The summed E-state index contributed by atoms with van der Waals surface area (Å²) in [5, 5.41) is 2.75. The van der Waals surface area contributed by atoms with Crippen LogP contribution in [0.1, 0.15) is 30.4 Å². The minimum atomic E-state index is -3.47. The molecule has 1 saturated heterocycles. The summed E-state index contributed by atoms with van der Waals surface area (Å²) < 4.78 is 32.2. The number of nitrogens with zero attached hydrogens (tertiary/aromatic N) is 1. The average Bonchev–Trinajstić information content (AvgIpc) is 2.73. The third kappa shape index (κ3) is 5.25. The Kier molecular flexibility index (Phi) is 6.71. The molecular weight excluding hydrogens is 388 g/mol. The third-order valence-corrected chi connectivity index (χ3v) is 6.79. The molecule has 2 aromatic carbocycles. The van der Waals surface area contributed by atoms with Gasteiger partial charge in [-0.2, -0.15) is 4.31 Å². The minimum Gasteiger partial charge on any atom is -0.496 e. The van der Waals surface area contributed by atoms with Crippen molar-refractivity contribution in [2.24, 2.45) is 0 Å². The Hall–Kier alpha value is -2.64. The summed E-state index contributed by atoms with van der Waals surface area (Å²) in [5.74, 6) is 0.382. The molecule has 29 heavy (non-hydrogen) atoms. The third-order valence-electron chi connectivity index (χ3n) is 4.87. The van der Waals surface area contributed by atoms with Crippen LogP contribution in [0.3, 0.4) is 0 Å². The van der Waals surface area contributed by atoms with Crippen molar-refractivity contribution in [3.05, 3.63) is 59.7 Å². The molecule has 3 rings (SSSR count). The van der Waals surface area contributed by atoms with Gasteiger partial charge in [0.05, 0.1) is 12.0 Å². The van der Waals surface area contributed by atoms with Crippen molar-refractivity contribution in [2.45, 2.75) is 31.1 Å². The molecular formula is C22H26N2O4S. The Morgan fingerprint density at radius 2 is 1.76 bits per heavy atom. The number of piperidine rings is 1. The molecule has 154 valence electrons. The van der Waals surface area contributed by atoms with Crippen LogP contribution in [0.2, 0.25) is 0 Å². The van der Waals surface area contributed by atoms with Crippen LogP contribution in [0.4, 0.5) is 5.69 Å². The molecule has 0 saturated carbocycles. The van der Waals surface area contributed by atoms with Gasteiger partial charge in [-0.15, -0.1) is 0 Å². The summed E-state index contributed by atoms with van der Waals surface area (Å²) >= 11 is 0. The lowest BCUT2D eigenvalue weighted by Crippen LogP contribution is -2.35. The first-order valence-electron chi connectivity index (χ1n) is 9.64. The molecule has 2 aromatic rings. The molecule has 7 heteroatoms. The number of amides is 1. The number of benzene rings is 2. The number of hydrogen-bond donors (Lipinski definition) is 1. The molecule has 1 amide bonds. The largest absolute Gasteiger partial charge is 0.496 e. The number of rotatable bonds is 6. The van der Waals surface area contributed by atoms with Gasteiger partial charge in [0.25, 0.3) is 0 Å². The Balaban J connectivity index is 1.66. The zero-order valence-electron chi connectivity index (χ0n) is 16.7. The van der Waals surface area contributed by atoms with Gasteiger partial charge in [0.1, 0.15) is 5.75 Å². The molecule has 0 spiro atoms. The van der Waals surface area contributed by atoms with E-state index in [9.17, 15) is 13.2 Å². The lowest BCUT2D eigenvalue weighted by atomic mass is 10.1. The highest BCUT2D eigenvalue weighted by Crippen LogP contribution is 2.23. The molecule has 1 fully saturated rings. The van der Waals surface area contributed by atoms with Crippen LogP contribution < -0.4 is 10.1 Å². The molecule has 1 aliphatic rings. The van der Waals surface area contributed by atoms with Crippen molar-refractivity contribution in [1.29, 1.82) is 0 Å². The van der Waals surface area contributed by atoms with E-state index in [1.807, 2.05) is 25.1 Å². The van der Waals surface area contributed by atoms with Crippen LogP contribution in [0, 0.1) is 6.92 Å². The first-order valence-corrected chi connectivity index (χ1v) is 11.1. The fourth-order valence-electron chi connectivity index (χ4n) is 3.30. The molecule has 0 atom stereocenters. The number of carbonyl (C=O) groups is 1. The monoisotopic (exact) mass is 414 g/mol. The van der Waals surface area contributed by atoms with Crippen LogP contribution in [0.15, 0.2) is 53.4 Å². The van der Waals surface area contributed by atoms with Gasteiger partial charge >= 0.3 is 0 Å². The van der Waals surface area contributed by atoms with Gasteiger partial charge in [0.2, 0.25) is 15.9 Å². The van der Waals surface area contributed by atoms with Crippen LogP contribution in [-0.2, 0) is 14.8 Å². The number of nitrogens with one attached hydrogen (secondary N) is 1. The summed E-state index contributed by atoms with van der Waals surface area (Å²) in [4.78, 5) is 12.5. The Morgan fingerprint density at radius 1 is 1.07 bits per heavy atom. The highest BCUT2D eigenvalue weighted by atomic mass is 32.2. The van der Waals surface area contributed by atoms with Crippen LogP contribution in [0.5, 0.6) is 5.75 Å². The van der Waals surface area contributed by atoms with Gasteiger partial charge in [-0.1, -0.05) is 18.1 Å². The topological polar surface area (TPSA) is 75.7 Å². The minimum absolute atomic E-state index is 0.248. The molecule has 1 N–H and O–H groups in total. The number of carbonyl (C=O) groups excluding carboxylic acids is 1. The zero-order valence-corrected chi connectivity index (χ0v) is 17.5. The standard InChI is InChI=1S/C22H26N2O4S/c1-17-6-12-21(28-2)18(16-17)7-13-22(25)23-19-8-10-20(11-9-19)29(26,27)24-14-4-3-5-15-24/h6-13,16H,3-5,14-15H2,1-2H3,(H,23,25)/b13-7+. The van der Waals surface area contributed by atoms with Gasteiger partial charge < -0.3 is 10.1 Å². The van der Waals surface area contributed by atoms with Crippen molar-refractivity contribution < 1.29 is 17.9 Å². The van der Waals surface area contributed by atoms with Crippen molar-refractivity contribution >= 4 is 27.7 Å². The van der Waals surface area contributed by atoms with Gasteiger partial charge in [-0.25, -0.2) is 8.42 Å². The van der Waals surface area contributed by atoms with Crippen LogP contribution in [-0.4, -0.2) is 38.8 Å². The lowest BCUT2D eigenvalue weighted by molar-refractivity contribution is -0.111. The second kappa shape index (κ2) is 9.24. The molecule has 6 nitrogen and oxygen atoms in total. The fourth-order valence-corrected chi connectivity index (χ4v) is 4.82. The van der Waals surface area contributed by atoms with Crippen molar-refractivity contribution in [3.8, 4) is 5.75 Å². The van der Waals surface area contributed by atoms with E-state index in [1.54, 1.807) is 25.3 Å². The zero-order chi connectivity index (χ0) is 20.9. The van der Waals surface area contributed by atoms with Crippen molar-refractivity contribution in [3.63, 3.8) is 0 Å². The van der Waals surface area contributed by atoms with Gasteiger partial charge in [-0.3, -0.25) is 4.79 Å². The van der Waals surface area contributed by atoms with Gasteiger partial charge in [-0.05, 0) is 62.2 Å². The van der Waals surface area contributed by atoms with E-state index in [2.05, 4.69) is 5.32 Å². The Labute approximate surface area is 172 Å². The predicted octanol–water partition coefficient (Wildman–Crippen LogP) is 3.83. The summed E-state index contributed by atoms with van der Waals surface area (Å²) in [6.45, 7) is 3.10. The number of hydrogen-bond acceptors (Lipinski definition) is 4. The van der Waals surface area contributed by atoms with E-state index in [0.29, 0.717) is 24.5 Å². The normalized spacial score (nSPS) is 15.4. The maximum absolute atomic E-state index is 12.7. The average molecular weight is 415 g/mol. The summed E-state index contributed by atoms with van der Waals surface area (Å²) in [6, 6.07) is 12.0. The highest BCUT2D eigenvalue weighted by molar-refractivity contribution is 7.89. The second-order valence-corrected chi connectivity index (χ2v) is 9.00. The smallest absolute Gasteiger partial charge is 0.248 e. The molecule has 1 heterocycles. The maximum atomic E-state index is 12.7. The van der Waals surface area contributed by atoms with Crippen LogP contribution >= 0.6 is 0 Å². The predicted molar refractivity (Wildman–Crippen MR) is 114 cm³/mol. The number of methoxy groups -OCH3 is 1. The maximum Gasteiger partial charge on any atom is 0.248 e. The first-order chi connectivity index (χ1) is 13.9. The van der Waals surface area contributed by atoms with E-state index in [0.717, 1.165) is 30.4 Å². The summed E-state index contributed by atoms with van der Waals surface area (Å²) in [7, 11) is -1.89. The van der Waals surface area contributed by atoms with Crippen molar-refractivity contribution in [2.75, 3.05) is 25.5 Å². The van der Waals surface area contributed by atoms with Crippen molar-refractivity contribution in [1.82, 2.24) is 4.31 Å². The molecule has 0 bridgehead atoms. The Bertz CT molecular complexity index is 992. The lowest BCUT2D eigenvalue weighted by Gasteiger charge is -2.25. The van der Waals surface area contributed by atoms with Crippen LogP contribution in [0.25, 0.3) is 6.08 Å². The number of sulfonamides is 1. The summed E-state index contributed by atoms with van der Waals surface area (Å²) in [6.07, 6.45) is 5.97. The second-order valence-electron chi connectivity index (χ2n) is 7.06. The fraction of sp³-hybridized carbons (Fsp3) is 0.318. The molecule has 0 radical (unpaired) electrons.